The molecule has 0 amide bonds. The summed E-state index contributed by atoms with van der Waals surface area (Å²) in [6, 6.07) is 15.0. The van der Waals surface area contributed by atoms with E-state index >= 15 is 0 Å². The van der Waals surface area contributed by atoms with Crippen molar-refractivity contribution in [1.29, 1.82) is 0 Å². The van der Waals surface area contributed by atoms with Gasteiger partial charge in [0.15, 0.2) is 0 Å². The SMILES string of the molecule is CCOC(C)/C=N/[C@H](C)c1cccc2ccccc12. The second kappa shape index (κ2) is 6.48. The van der Waals surface area contributed by atoms with Crippen LogP contribution in [0, 0.1) is 0 Å². The highest BCUT2D eigenvalue weighted by molar-refractivity contribution is 5.86. The summed E-state index contributed by atoms with van der Waals surface area (Å²) in [5.41, 5.74) is 1.26. The van der Waals surface area contributed by atoms with E-state index in [9.17, 15) is 0 Å². The van der Waals surface area contributed by atoms with Crippen molar-refractivity contribution < 1.29 is 4.74 Å². The Kier molecular flexibility index (Phi) is 4.69. The summed E-state index contributed by atoms with van der Waals surface area (Å²) in [5, 5.41) is 2.54. The van der Waals surface area contributed by atoms with E-state index in [0.29, 0.717) is 0 Å². The van der Waals surface area contributed by atoms with E-state index in [0.717, 1.165) is 6.61 Å². The first-order valence-corrected chi connectivity index (χ1v) is 6.85. The van der Waals surface area contributed by atoms with Gasteiger partial charge in [-0.25, -0.2) is 0 Å². The minimum Gasteiger partial charge on any atom is -0.373 e. The third kappa shape index (κ3) is 3.42. The summed E-state index contributed by atoms with van der Waals surface area (Å²) in [6.07, 6.45) is 1.97. The van der Waals surface area contributed by atoms with Gasteiger partial charge in [0.2, 0.25) is 0 Å². The van der Waals surface area contributed by atoms with Crippen molar-refractivity contribution in [2.24, 2.45) is 4.99 Å². The van der Waals surface area contributed by atoms with Crippen LogP contribution in [-0.2, 0) is 4.74 Å². The Labute approximate surface area is 115 Å². The molecular weight excluding hydrogens is 234 g/mol. The number of fused-ring (bicyclic) bond motifs is 1. The summed E-state index contributed by atoms with van der Waals surface area (Å²) in [5.74, 6) is 0. The van der Waals surface area contributed by atoms with Gasteiger partial charge in [0.05, 0.1) is 12.1 Å². The zero-order valence-corrected chi connectivity index (χ0v) is 11.8. The van der Waals surface area contributed by atoms with Gasteiger partial charge >= 0.3 is 0 Å². The molecule has 2 nitrogen and oxygen atoms in total. The molecule has 100 valence electrons. The zero-order chi connectivity index (χ0) is 13.7. The number of rotatable bonds is 5. The molecule has 0 fully saturated rings. The molecule has 1 unspecified atom stereocenters. The number of hydrogen-bond acceptors (Lipinski definition) is 2. The Balaban J connectivity index is 2.24. The molecule has 0 N–H and O–H groups in total. The van der Waals surface area contributed by atoms with Gasteiger partial charge in [-0.2, -0.15) is 0 Å². The van der Waals surface area contributed by atoms with Crippen LogP contribution >= 0.6 is 0 Å². The molecule has 0 spiro atoms. The van der Waals surface area contributed by atoms with Crippen LogP contribution in [0.3, 0.4) is 0 Å². The van der Waals surface area contributed by atoms with Crippen molar-refractivity contribution in [2.45, 2.75) is 32.9 Å². The van der Waals surface area contributed by atoms with Gasteiger partial charge < -0.3 is 4.74 Å². The van der Waals surface area contributed by atoms with E-state index in [2.05, 4.69) is 54.4 Å². The Hall–Kier alpha value is -1.67. The predicted molar refractivity (Wildman–Crippen MR) is 81.9 cm³/mol. The second-order valence-corrected chi connectivity index (χ2v) is 4.70. The molecule has 2 atom stereocenters. The summed E-state index contributed by atoms with van der Waals surface area (Å²) in [7, 11) is 0. The van der Waals surface area contributed by atoms with Gasteiger partial charge in [-0.05, 0) is 37.1 Å². The summed E-state index contributed by atoms with van der Waals surface area (Å²) < 4.78 is 5.47. The van der Waals surface area contributed by atoms with E-state index in [4.69, 9.17) is 4.74 Å². The first kappa shape index (κ1) is 13.8. The van der Waals surface area contributed by atoms with E-state index < -0.39 is 0 Å². The Morgan fingerprint density at radius 2 is 1.84 bits per heavy atom. The smallest absolute Gasteiger partial charge is 0.0893 e. The molecule has 0 aliphatic carbocycles. The molecule has 2 aromatic carbocycles. The lowest BCUT2D eigenvalue weighted by Gasteiger charge is -2.12. The van der Waals surface area contributed by atoms with Crippen LogP contribution < -0.4 is 0 Å². The average molecular weight is 255 g/mol. The first-order chi connectivity index (χ1) is 9.22. The van der Waals surface area contributed by atoms with Crippen molar-refractivity contribution in [2.75, 3.05) is 6.61 Å². The Morgan fingerprint density at radius 3 is 2.63 bits per heavy atom. The van der Waals surface area contributed by atoms with Crippen molar-refractivity contribution in [1.82, 2.24) is 0 Å². The van der Waals surface area contributed by atoms with E-state index in [-0.39, 0.29) is 12.1 Å². The number of ether oxygens (including phenoxy) is 1. The average Bonchev–Trinajstić information content (AvgIpc) is 2.44. The number of hydrogen-bond donors (Lipinski definition) is 0. The molecule has 0 aliphatic heterocycles. The van der Waals surface area contributed by atoms with Crippen LogP contribution in [0.1, 0.15) is 32.4 Å². The lowest BCUT2D eigenvalue weighted by atomic mass is 10.00. The maximum absolute atomic E-state index is 5.47. The molecule has 2 heteroatoms. The standard InChI is InChI=1S/C17H21NO/c1-4-19-13(2)12-18-14(3)16-11-7-9-15-8-5-6-10-17(15)16/h5-14H,4H2,1-3H3/b18-12+/t13?,14-/m1/s1. The highest BCUT2D eigenvalue weighted by Gasteiger charge is 2.07. The molecule has 0 aromatic heterocycles. The normalized spacial score (nSPS) is 14.9. The predicted octanol–water partition coefficient (Wildman–Crippen LogP) is 4.40. The molecule has 0 radical (unpaired) electrons. The summed E-state index contributed by atoms with van der Waals surface area (Å²) in [6.45, 7) is 6.86. The van der Waals surface area contributed by atoms with Gasteiger partial charge in [0.1, 0.15) is 0 Å². The highest BCUT2D eigenvalue weighted by atomic mass is 16.5. The lowest BCUT2D eigenvalue weighted by molar-refractivity contribution is 0.125. The third-order valence-corrected chi connectivity index (χ3v) is 3.22. The molecular formula is C17H21NO. The zero-order valence-electron chi connectivity index (χ0n) is 11.8. The van der Waals surface area contributed by atoms with Crippen LogP contribution in [0.5, 0.6) is 0 Å². The van der Waals surface area contributed by atoms with Crippen LogP contribution in [0.2, 0.25) is 0 Å². The van der Waals surface area contributed by atoms with Crippen LogP contribution in [0.4, 0.5) is 0 Å². The number of nitrogens with zero attached hydrogens (tertiary/aromatic N) is 1. The van der Waals surface area contributed by atoms with Crippen molar-refractivity contribution >= 4 is 17.0 Å². The lowest BCUT2D eigenvalue weighted by Crippen LogP contribution is -2.09. The Bertz CT molecular complexity index is 557. The van der Waals surface area contributed by atoms with Crippen molar-refractivity contribution in [3.63, 3.8) is 0 Å². The minimum absolute atomic E-state index is 0.0717. The quantitative estimate of drug-likeness (QED) is 0.726. The second-order valence-electron chi connectivity index (χ2n) is 4.70. The van der Waals surface area contributed by atoms with Crippen molar-refractivity contribution in [3.8, 4) is 0 Å². The molecule has 0 aliphatic rings. The molecule has 0 saturated carbocycles. The van der Waals surface area contributed by atoms with Gasteiger partial charge in [-0.15, -0.1) is 0 Å². The maximum atomic E-state index is 5.47. The largest absolute Gasteiger partial charge is 0.373 e. The molecule has 0 heterocycles. The van der Waals surface area contributed by atoms with Gasteiger partial charge in [-0.3, -0.25) is 4.99 Å². The van der Waals surface area contributed by atoms with Gasteiger partial charge in [-0.1, -0.05) is 42.5 Å². The van der Waals surface area contributed by atoms with Crippen LogP contribution in [0.15, 0.2) is 47.5 Å². The van der Waals surface area contributed by atoms with E-state index in [1.54, 1.807) is 0 Å². The fourth-order valence-corrected chi connectivity index (χ4v) is 2.25. The van der Waals surface area contributed by atoms with E-state index in [1.807, 2.05) is 20.1 Å². The monoisotopic (exact) mass is 255 g/mol. The van der Waals surface area contributed by atoms with Crippen LogP contribution in [0.25, 0.3) is 10.8 Å². The Morgan fingerprint density at radius 1 is 1.11 bits per heavy atom. The van der Waals surface area contributed by atoms with Gasteiger partial charge in [0.25, 0.3) is 0 Å². The van der Waals surface area contributed by atoms with Crippen LogP contribution in [-0.4, -0.2) is 18.9 Å². The van der Waals surface area contributed by atoms with Gasteiger partial charge in [0, 0.05) is 12.8 Å². The fraction of sp³-hybridized carbons (Fsp3) is 0.353. The highest BCUT2D eigenvalue weighted by Crippen LogP contribution is 2.26. The molecule has 2 aromatic rings. The molecule has 0 saturated heterocycles. The maximum Gasteiger partial charge on any atom is 0.0893 e. The summed E-state index contributed by atoms with van der Waals surface area (Å²) >= 11 is 0. The topological polar surface area (TPSA) is 21.6 Å². The number of aliphatic imine (C=N–C) groups is 1. The van der Waals surface area contributed by atoms with Crippen molar-refractivity contribution in [3.05, 3.63) is 48.0 Å². The minimum atomic E-state index is 0.0717. The molecule has 2 rings (SSSR count). The van der Waals surface area contributed by atoms with E-state index in [1.165, 1.54) is 16.3 Å². The summed E-state index contributed by atoms with van der Waals surface area (Å²) in [4.78, 5) is 4.61. The molecule has 19 heavy (non-hydrogen) atoms. The first-order valence-electron chi connectivity index (χ1n) is 6.85. The molecule has 0 bridgehead atoms. The fourth-order valence-electron chi connectivity index (χ4n) is 2.25. The third-order valence-electron chi connectivity index (χ3n) is 3.22. The number of benzene rings is 2.